The Balaban J connectivity index is 0. The van der Waals surface area contributed by atoms with Crippen LogP contribution in [0.15, 0.2) is 11.6 Å². The summed E-state index contributed by atoms with van der Waals surface area (Å²) in [4.78, 5) is 10.3. The SMILES string of the molecule is CCCCCC=C(C)C(=O)O.CO. The lowest BCUT2D eigenvalue weighted by atomic mass is 10.1. The van der Waals surface area contributed by atoms with Gasteiger partial charge in [-0.15, -0.1) is 0 Å². The van der Waals surface area contributed by atoms with E-state index < -0.39 is 5.97 Å². The van der Waals surface area contributed by atoms with Crippen molar-refractivity contribution in [3.05, 3.63) is 11.6 Å². The van der Waals surface area contributed by atoms with Crippen LogP contribution in [0.2, 0.25) is 0 Å². The summed E-state index contributed by atoms with van der Waals surface area (Å²) >= 11 is 0. The van der Waals surface area contributed by atoms with Gasteiger partial charge in [-0.05, 0) is 19.8 Å². The molecule has 2 N–H and O–H groups in total. The Morgan fingerprint density at radius 1 is 1.31 bits per heavy atom. The molecule has 3 nitrogen and oxygen atoms in total. The highest BCUT2D eigenvalue weighted by Gasteiger charge is 1.96. The molecule has 3 heteroatoms. The average Bonchev–Trinajstić information content (AvgIpc) is 2.15. The first-order chi connectivity index (χ1) is 6.18. The quantitative estimate of drug-likeness (QED) is 0.513. The lowest BCUT2D eigenvalue weighted by molar-refractivity contribution is -0.132. The number of aliphatic hydroxyl groups is 1. The van der Waals surface area contributed by atoms with E-state index in [9.17, 15) is 4.79 Å². The third kappa shape index (κ3) is 11.2. The van der Waals surface area contributed by atoms with Crippen molar-refractivity contribution in [2.75, 3.05) is 7.11 Å². The van der Waals surface area contributed by atoms with E-state index >= 15 is 0 Å². The second-order valence-corrected chi connectivity index (χ2v) is 2.69. The normalized spacial score (nSPS) is 10.3. The highest BCUT2D eigenvalue weighted by Crippen LogP contribution is 2.02. The minimum absolute atomic E-state index is 0.459. The van der Waals surface area contributed by atoms with E-state index in [1.807, 2.05) is 0 Å². The van der Waals surface area contributed by atoms with Crippen molar-refractivity contribution in [2.24, 2.45) is 0 Å². The Morgan fingerprint density at radius 2 is 1.85 bits per heavy atom. The van der Waals surface area contributed by atoms with Crippen LogP contribution in [0.5, 0.6) is 0 Å². The summed E-state index contributed by atoms with van der Waals surface area (Å²) in [6, 6.07) is 0. The van der Waals surface area contributed by atoms with Crippen LogP contribution in [0, 0.1) is 0 Å². The van der Waals surface area contributed by atoms with E-state index in [0.29, 0.717) is 5.57 Å². The van der Waals surface area contributed by atoms with E-state index in [1.165, 1.54) is 12.8 Å². The lowest BCUT2D eigenvalue weighted by Gasteiger charge is -1.93. The number of rotatable bonds is 5. The standard InChI is InChI=1S/C9H16O2.CH4O/c1-3-4-5-6-7-8(2)9(10)11;1-2/h7H,3-6H2,1-2H3,(H,10,11);2H,1H3. The molecule has 0 fully saturated rings. The highest BCUT2D eigenvalue weighted by atomic mass is 16.4. The Labute approximate surface area is 80.1 Å². The van der Waals surface area contributed by atoms with Crippen LogP contribution < -0.4 is 0 Å². The van der Waals surface area contributed by atoms with E-state index in [-0.39, 0.29) is 0 Å². The summed E-state index contributed by atoms with van der Waals surface area (Å²) in [5.74, 6) is -0.804. The van der Waals surface area contributed by atoms with Crippen molar-refractivity contribution < 1.29 is 15.0 Å². The zero-order valence-electron chi connectivity index (χ0n) is 8.71. The zero-order chi connectivity index (χ0) is 10.7. The number of hydrogen-bond acceptors (Lipinski definition) is 2. The molecular formula is C10H20O3. The molecule has 0 aliphatic carbocycles. The van der Waals surface area contributed by atoms with E-state index in [4.69, 9.17) is 10.2 Å². The summed E-state index contributed by atoms with van der Waals surface area (Å²) in [6.07, 6.45) is 6.15. The van der Waals surface area contributed by atoms with Crippen molar-refractivity contribution in [1.82, 2.24) is 0 Å². The number of unbranched alkanes of at least 4 members (excludes halogenated alkanes) is 3. The number of aliphatic carboxylic acids is 1. The molecule has 0 saturated carbocycles. The molecule has 0 heterocycles. The lowest BCUT2D eigenvalue weighted by Crippen LogP contribution is -1.95. The summed E-state index contributed by atoms with van der Waals surface area (Å²) in [5.41, 5.74) is 0.459. The van der Waals surface area contributed by atoms with Gasteiger partial charge >= 0.3 is 5.97 Å². The molecule has 0 rings (SSSR count). The first-order valence-electron chi connectivity index (χ1n) is 4.53. The Hall–Kier alpha value is -0.830. The predicted octanol–water partition coefficient (Wildman–Crippen LogP) is 2.21. The molecule has 0 radical (unpaired) electrons. The second kappa shape index (κ2) is 11.2. The fourth-order valence-electron chi connectivity index (χ4n) is 0.800. The van der Waals surface area contributed by atoms with E-state index in [1.54, 1.807) is 13.0 Å². The van der Waals surface area contributed by atoms with Crippen LogP contribution >= 0.6 is 0 Å². The summed E-state index contributed by atoms with van der Waals surface area (Å²) in [7, 11) is 1.00. The second-order valence-electron chi connectivity index (χ2n) is 2.69. The van der Waals surface area contributed by atoms with Gasteiger partial charge in [0, 0.05) is 12.7 Å². The molecule has 0 spiro atoms. The molecule has 0 saturated heterocycles. The minimum Gasteiger partial charge on any atom is -0.478 e. The molecular weight excluding hydrogens is 168 g/mol. The van der Waals surface area contributed by atoms with Gasteiger partial charge in [-0.1, -0.05) is 25.8 Å². The third-order valence-electron chi connectivity index (χ3n) is 1.60. The van der Waals surface area contributed by atoms with Crippen LogP contribution in [0.4, 0.5) is 0 Å². The fourth-order valence-corrected chi connectivity index (χ4v) is 0.800. The molecule has 0 unspecified atom stereocenters. The Bertz CT molecular complexity index is 150. The number of hydrogen-bond donors (Lipinski definition) is 2. The number of carboxylic acid groups (broad SMARTS) is 1. The van der Waals surface area contributed by atoms with Crippen molar-refractivity contribution in [2.45, 2.75) is 39.5 Å². The van der Waals surface area contributed by atoms with E-state index in [0.717, 1.165) is 20.0 Å². The number of carboxylic acids is 1. The van der Waals surface area contributed by atoms with Crippen molar-refractivity contribution >= 4 is 5.97 Å². The summed E-state index contributed by atoms with van der Waals surface area (Å²) in [5, 5.41) is 15.5. The Morgan fingerprint density at radius 3 is 2.23 bits per heavy atom. The number of aliphatic hydroxyl groups excluding tert-OH is 1. The smallest absolute Gasteiger partial charge is 0.330 e. The molecule has 0 bridgehead atoms. The largest absolute Gasteiger partial charge is 0.478 e. The van der Waals surface area contributed by atoms with Crippen LogP contribution in [-0.4, -0.2) is 23.3 Å². The fraction of sp³-hybridized carbons (Fsp3) is 0.700. The molecule has 0 aliphatic rings. The van der Waals surface area contributed by atoms with Gasteiger partial charge in [0.05, 0.1) is 0 Å². The van der Waals surface area contributed by atoms with Gasteiger partial charge < -0.3 is 10.2 Å². The first-order valence-corrected chi connectivity index (χ1v) is 4.53. The number of carbonyl (C=O) groups is 1. The maximum absolute atomic E-state index is 10.3. The monoisotopic (exact) mass is 188 g/mol. The summed E-state index contributed by atoms with van der Waals surface area (Å²) < 4.78 is 0. The van der Waals surface area contributed by atoms with Gasteiger partial charge in [0.15, 0.2) is 0 Å². The molecule has 0 aromatic rings. The Kier molecular flexibility index (Phi) is 12.6. The number of allylic oxidation sites excluding steroid dienone is 1. The average molecular weight is 188 g/mol. The van der Waals surface area contributed by atoms with Crippen molar-refractivity contribution in [1.29, 1.82) is 0 Å². The molecule has 0 aliphatic heterocycles. The molecule has 13 heavy (non-hydrogen) atoms. The van der Waals surface area contributed by atoms with E-state index in [2.05, 4.69) is 6.92 Å². The topological polar surface area (TPSA) is 57.5 Å². The highest BCUT2D eigenvalue weighted by molar-refractivity contribution is 5.85. The van der Waals surface area contributed by atoms with Gasteiger partial charge in [0.2, 0.25) is 0 Å². The van der Waals surface area contributed by atoms with Gasteiger partial charge in [0.1, 0.15) is 0 Å². The predicted molar refractivity (Wildman–Crippen MR) is 53.7 cm³/mol. The first kappa shape index (κ1) is 14.7. The molecule has 0 amide bonds. The van der Waals surface area contributed by atoms with Crippen LogP contribution in [0.1, 0.15) is 39.5 Å². The van der Waals surface area contributed by atoms with Crippen molar-refractivity contribution in [3.8, 4) is 0 Å². The van der Waals surface area contributed by atoms with Crippen LogP contribution in [0.25, 0.3) is 0 Å². The van der Waals surface area contributed by atoms with Gasteiger partial charge in [-0.25, -0.2) is 4.79 Å². The van der Waals surface area contributed by atoms with Crippen LogP contribution in [-0.2, 0) is 4.79 Å². The minimum atomic E-state index is -0.804. The zero-order valence-corrected chi connectivity index (χ0v) is 8.71. The third-order valence-corrected chi connectivity index (χ3v) is 1.60. The van der Waals surface area contributed by atoms with Crippen LogP contribution in [0.3, 0.4) is 0 Å². The molecule has 78 valence electrons. The van der Waals surface area contributed by atoms with Crippen molar-refractivity contribution in [3.63, 3.8) is 0 Å². The maximum Gasteiger partial charge on any atom is 0.330 e. The molecule has 0 atom stereocenters. The van der Waals surface area contributed by atoms with Gasteiger partial charge in [-0.2, -0.15) is 0 Å². The maximum atomic E-state index is 10.3. The molecule has 0 aromatic heterocycles. The molecule has 0 aromatic carbocycles. The van der Waals surface area contributed by atoms with Gasteiger partial charge in [0.25, 0.3) is 0 Å². The van der Waals surface area contributed by atoms with Gasteiger partial charge in [-0.3, -0.25) is 0 Å². The summed E-state index contributed by atoms with van der Waals surface area (Å²) in [6.45, 7) is 3.77.